The van der Waals surface area contributed by atoms with Gasteiger partial charge in [0.25, 0.3) is 0 Å². The number of nitrogens with one attached hydrogen (secondary N) is 1. The highest BCUT2D eigenvalue weighted by Crippen LogP contribution is 2.35. The van der Waals surface area contributed by atoms with Crippen molar-refractivity contribution < 1.29 is 13.9 Å². The van der Waals surface area contributed by atoms with Gasteiger partial charge in [0.05, 0.1) is 11.1 Å². The Bertz CT molecular complexity index is 1230. The molecule has 6 nitrogen and oxygen atoms in total. The first kappa shape index (κ1) is 20.8. The van der Waals surface area contributed by atoms with Crippen molar-refractivity contribution >= 4 is 22.2 Å². The molecule has 0 radical (unpaired) electrons. The fourth-order valence-electron chi connectivity index (χ4n) is 4.24. The molecule has 1 N–H and O–H groups in total. The summed E-state index contributed by atoms with van der Waals surface area (Å²) in [4.78, 5) is 18.6. The van der Waals surface area contributed by atoms with E-state index in [0.717, 1.165) is 16.2 Å². The smallest absolute Gasteiger partial charge is 0.230 e. The first-order chi connectivity index (χ1) is 15.7. The van der Waals surface area contributed by atoms with Crippen LogP contribution in [0.25, 0.3) is 16.3 Å². The van der Waals surface area contributed by atoms with E-state index < -0.39 is 5.41 Å². The number of nitrogens with zero attached hydrogens (tertiary/aromatic N) is 3. The van der Waals surface area contributed by atoms with Crippen LogP contribution in [0.2, 0.25) is 0 Å². The van der Waals surface area contributed by atoms with E-state index in [2.05, 4.69) is 15.4 Å². The average molecular weight is 451 g/mol. The van der Waals surface area contributed by atoms with E-state index in [4.69, 9.17) is 4.74 Å². The molecule has 32 heavy (non-hydrogen) atoms. The van der Waals surface area contributed by atoms with Gasteiger partial charge in [0.15, 0.2) is 5.82 Å². The summed E-state index contributed by atoms with van der Waals surface area (Å²) in [5.74, 6) is 0.216. The van der Waals surface area contributed by atoms with Crippen molar-refractivity contribution in [1.82, 2.24) is 19.9 Å². The lowest BCUT2D eigenvalue weighted by Crippen LogP contribution is -2.48. The molecule has 8 heteroatoms. The van der Waals surface area contributed by atoms with Crippen LogP contribution < -0.4 is 5.32 Å². The second kappa shape index (κ2) is 8.80. The normalized spacial score (nSPS) is 15.7. The molecule has 0 unspecified atom stereocenters. The number of thiazole rings is 1. The van der Waals surface area contributed by atoms with Crippen LogP contribution in [0.15, 0.2) is 60.0 Å². The molecule has 5 rings (SSSR count). The third-order valence-electron chi connectivity index (χ3n) is 6.01. The van der Waals surface area contributed by atoms with Gasteiger partial charge >= 0.3 is 0 Å². The first-order valence-electron chi connectivity index (χ1n) is 10.7. The van der Waals surface area contributed by atoms with E-state index >= 15 is 0 Å². The topological polar surface area (TPSA) is 68.5 Å². The second-order valence-corrected chi connectivity index (χ2v) is 8.77. The van der Waals surface area contributed by atoms with Crippen LogP contribution in [0.5, 0.6) is 0 Å². The first-order valence-corrected chi connectivity index (χ1v) is 11.5. The highest BCUT2D eigenvalue weighted by atomic mass is 32.1. The Balaban J connectivity index is 1.30. The van der Waals surface area contributed by atoms with Crippen LogP contribution in [0.3, 0.4) is 0 Å². The number of halogens is 1. The molecule has 1 aliphatic rings. The fourth-order valence-corrected chi connectivity index (χ4v) is 5.10. The number of rotatable bonds is 6. The van der Waals surface area contributed by atoms with Crippen LogP contribution in [-0.4, -0.2) is 40.3 Å². The zero-order valence-electron chi connectivity index (χ0n) is 17.5. The maximum absolute atomic E-state index is 13.6. The van der Waals surface area contributed by atoms with Crippen molar-refractivity contribution in [2.75, 3.05) is 19.8 Å². The van der Waals surface area contributed by atoms with Crippen molar-refractivity contribution in [1.29, 1.82) is 0 Å². The lowest BCUT2D eigenvalue weighted by Gasteiger charge is -2.36. The van der Waals surface area contributed by atoms with E-state index in [1.165, 1.54) is 23.5 Å². The second-order valence-electron chi connectivity index (χ2n) is 7.93. The van der Waals surface area contributed by atoms with Crippen molar-refractivity contribution in [3.05, 3.63) is 77.1 Å². The Morgan fingerprint density at radius 2 is 1.97 bits per heavy atom. The number of ether oxygens (including phenoxy) is 1. The molecule has 2 aromatic carbocycles. The lowest BCUT2D eigenvalue weighted by molar-refractivity contribution is -0.130. The summed E-state index contributed by atoms with van der Waals surface area (Å²) in [7, 11) is 0. The van der Waals surface area contributed by atoms with Gasteiger partial charge in [-0.1, -0.05) is 42.5 Å². The van der Waals surface area contributed by atoms with Crippen molar-refractivity contribution in [2.45, 2.75) is 24.7 Å². The largest absolute Gasteiger partial charge is 0.381 e. The zero-order valence-corrected chi connectivity index (χ0v) is 18.3. The minimum Gasteiger partial charge on any atom is -0.381 e. The van der Waals surface area contributed by atoms with Gasteiger partial charge in [0, 0.05) is 37.1 Å². The highest BCUT2D eigenvalue weighted by molar-refractivity contribution is 7.15. The maximum atomic E-state index is 13.6. The molecule has 1 saturated heterocycles. The van der Waals surface area contributed by atoms with E-state index in [9.17, 15) is 9.18 Å². The van der Waals surface area contributed by atoms with Crippen LogP contribution in [-0.2, 0) is 21.4 Å². The van der Waals surface area contributed by atoms with Crippen molar-refractivity contribution in [3.63, 3.8) is 0 Å². The van der Waals surface area contributed by atoms with Gasteiger partial charge in [-0.05, 0) is 30.5 Å². The Labute approximate surface area is 189 Å². The van der Waals surface area contributed by atoms with Crippen LogP contribution in [0.1, 0.15) is 24.1 Å². The molecule has 0 spiro atoms. The molecular weight excluding hydrogens is 427 g/mol. The zero-order chi connectivity index (χ0) is 22.0. The minimum atomic E-state index is -0.554. The van der Waals surface area contributed by atoms with Crippen molar-refractivity contribution in [2.24, 2.45) is 0 Å². The molecule has 3 heterocycles. The summed E-state index contributed by atoms with van der Waals surface area (Å²) in [6.07, 6.45) is 1.97. The summed E-state index contributed by atoms with van der Waals surface area (Å²) in [5.41, 5.74) is 2.08. The van der Waals surface area contributed by atoms with Crippen molar-refractivity contribution in [3.8, 4) is 11.4 Å². The Morgan fingerprint density at radius 1 is 1.16 bits per heavy atom. The van der Waals surface area contributed by atoms with Gasteiger partial charge in [0.1, 0.15) is 5.82 Å². The van der Waals surface area contributed by atoms with Gasteiger partial charge in [-0.3, -0.25) is 4.79 Å². The lowest BCUT2D eigenvalue weighted by atomic mass is 9.73. The van der Waals surface area contributed by atoms with E-state index in [1.807, 2.05) is 35.7 Å². The molecule has 0 atom stereocenters. The molecular formula is C24H23FN4O2S. The number of fused-ring (bicyclic) bond motifs is 1. The fraction of sp³-hybridized carbons (Fsp3) is 0.292. The number of aromatic nitrogens is 3. The van der Waals surface area contributed by atoms with E-state index in [-0.39, 0.29) is 11.7 Å². The molecule has 1 amide bonds. The summed E-state index contributed by atoms with van der Waals surface area (Å²) in [5, 5.41) is 9.69. The number of amides is 1. The van der Waals surface area contributed by atoms with Gasteiger partial charge in [-0.15, -0.1) is 16.4 Å². The van der Waals surface area contributed by atoms with Crippen LogP contribution in [0.4, 0.5) is 4.39 Å². The van der Waals surface area contributed by atoms with E-state index in [0.29, 0.717) is 50.4 Å². The van der Waals surface area contributed by atoms with Gasteiger partial charge in [-0.25, -0.2) is 8.91 Å². The third-order valence-corrected chi connectivity index (χ3v) is 6.87. The number of hydrogen-bond acceptors (Lipinski definition) is 5. The molecule has 1 fully saturated rings. The van der Waals surface area contributed by atoms with Gasteiger partial charge in [0.2, 0.25) is 10.9 Å². The molecule has 0 aliphatic carbocycles. The number of benzene rings is 2. The summed E-state index contributed by atoms with van der Waals surface area (Å²) < 4.78 is 20.9. The average Bonchev–Trinajstić information content (AvgIpc) is 3.42. The minimum absolute atomic E-state index is 0.0394. The predicted octanol–water partition coefficient (Wildman–Crippen LogP) is 4.00. The standard InChI is InChI=1S/C24H23FN4O2S/c25-19-8-4-5-17(15-19)21-27-23-29(28-21)20(16-32-23)9-12-26-22(30)24(10-13-31-14-11-24)18-6-2-1-3-7-18/h1-8,15-16H,9-14H2,(H,26,30). The summed E-state index contributed by atoms with van der Waals surface area (Å²) in [6, 6.07) is 16.2. The molecule has 0 bridgehead atoms. The molecule has 1 aliphatic heterocycles. The molecule has 0 saturated carbocycles. The Hall–Kier alpha value is -3.10. The highest BCUT2D eigenvalue weighted by Gasteiger charge is 2.41. The quantitative estimate of drug-likeness (QED) is 0.482. The third kappa shape index (κ3) is 3.91. The van der Waals surface area contributed by atoms with Gasteiger partial charge < -0.3 is 10.1 Å². The SMILES string of the molecule is O=C(NCCc1csc2nc(-c3cccc(F)c3)nn12)C1(c2ccccc2)CCOCC1. The molecule has 4 aromatic rings. The molecule has 2 aromatic heterocycles. The summed E-state index contributed by atoms with van der Waals surface area (Å²) in [6.45, 7) is 1.65. The predicted molar refractivity (Wildman–Crippen MR) is 121 cm³/mol. The van der Waals surface area contributed by atoms with Gasteiger partial charge in [-0.2, -0.15) is 4.98 Å². The van der Waals surface area contributed by atoms with E-state index in [1.54, 1.807) is 16.6 Å². The maximum Gasteiger partial charge on any atom is 0.230 e. The van der Waals surface area contributed by atoms with Crippen LogP contribution >= 0.6 is 11.3 Å². The molecule has 164 valence electrons. The number of carbonyl (C=O) groups excluding carboxylic acids is 1. The summed E-state index contributed by atoms with van der Waals surface area (Å²) >= 11 is 1.48. The Morgan fingerprint density at radius 3 is 2.75 bits per heavy atom. The number of carbonyl (C=O) groups is 1. The Kier molecular flexibility index (Phi) is 5.71. The monoisotopic (exact) mass is 450 g/mol. The number of hydrogen-bond donors (Lipinski definition) is 1. The van der Waals surface area contributed by atoms with Crippen LogP contribution in [0, 0.1) is 5.82 Å².